The van der Waals surface area contributed by atoms with E-state index in [-0.39, 0.29) is 24.0 Å². The highest BCUT2D eigenvalue weighted by atomic mass is 32.2. The van der Waals surface area contributed by atoms with Crippen LogP contribution in [-0.4, -0.2) is 47.1 Å². The minimum absolute atomic E-state index is 0.0633. The Morgan fingerprint density at radius 2 is 1.97 bits per heavy atom. The number of nitrogens with zero attached hydrogens (tertiary/aromatic N) is 3. The van der Waals surface area contributed by atoms with Gasteiger partial charge in [0.15, 0.2) is 9.84 Å². The fourth-order valence-electron chi connectivity index (χ4n) is 2.84. The topological polar surface area (TPSA) is 94.0 Å². The Balaban J connectivity index is 1.76. The van der Waals surface area contributed by atoms with Crippen molar-refractivity contribution >= 4 is 21.8 Å². The van der Waals surface area contributed by atoms with Gasteiger partial charge >= 0.3 is 0 Å². The summed E-state index contributed by atoms with van der Waals surface area (Å²) in [7, 11) is -3.11. The van der Waals surface area contributed by atoms with Gasteiger partial charge in [0.2, 0.25) is 5.91 Å². The number of hydrogen-bond donors (Lipinski definition) is 1. The molecule has 1 aromatic carbocycles. The minimum Gasteiger partial charge on any atom is -0.352 e. The maximum atomic E-state index is 12.1. The third-order valence-corrected chi connectivity index (χ3v) is 6.18. The lowest BCUT2D eigenvalue weighted by Crippen LogP contribution is -2.28. The molecule has 3 aromatic rings. The van der Waals surface area contributed by atoms with E-state index in [9.17, 15) is 13.2 Å². The molecule has 0 bridgehead atoms. The van der Waals surface area contributed by atoms with Crippen molar-refractivity contribution in [3.63, 3.8) is 0 Å². The van der Waals surface area contributed by atoms with Gasteiger partial charge < -0.3 is 5.32 Å². The molecule has 0 aliphatic rings. The van der Waals surface area contributed by atoms with Crippen LogP contribution in [-0.2, 0) is 21.2 Å². The molecule has 7 nitrogen and oxygen atoms in total. The van der Waals surface area contributed by atoms with Crippen LogP contribution in [0.25, 0.3) is 17.3 Å². The summed E-state index contributed by atoms with van der Waals surface area (Å²) in [5, 5.41) is 7.28. The Hall–Kier alpha value is -3.26. The van der Waals surface area contributed by atoms with E-state index in [2.05, 4.69) is 15.4 Å². The molecule has 3 rings (SSSR count). The predicted octanol–water partition coefficient (Wildman–Crippen LogP) is 2.56. The standard InChI is InChI=1S/C22H24N4O3S/c1-2-30(28,29)14-13-24-21(27)11-10-20-17-26(16-18-7-4-3-5-8-18)25-22(20)19-9-6-12-23-15-19/h3-12,15,17H,2,13-14,16H2,1H3,(H,24,27)/b11-10+. The van der Waals surface area contributed by atoms with Crippen molar-refractivity contribution in [3.05, 3.63) is 78.3 Å². The van der Waals surface area contributed by atoms with Gasteiger partial charge in [-0.3, -0.25) is 14.5 Å². The van der Waals surface area contributed by atoms with Crippen LogP contribution in [0, 0.1) is 0 Å². The second kappa shape index (κ2) is 9.98. The monoisotopic (exact) mass is 424 g/mol. The first kappa shape index (κ1) is 21.4. The molecule has 0 spiro atoms. The number of hydrogen-bond acceptors (Lipinski definition) is 5. The summed E-state index contributed by atoms with van der Waals surface area (Å²) in [6.45, 7) is 2.27. The molecule has 0 aliphatic heterocycles. The Kier molecular flexibility index (Phi) is 7.13. The van der Waals surface area contributed by atoms with Gasteiger partial charge in [0, 0.05) is 48.1 Å². The lowest BCUT2D eigenvalue weighted by atomic mass is 10.1. The number of sulfone groups is 1. The van der Waals surface area contributed by atoms with Crippen LogP contribution in [0.5, 0.6) is 0 Å². The molecule has 8 heteroatoms. The number of aromatic nitrogens is 3. The lowest BCUT2D eigenvalue weighted by molar-refractivity contribution is -0.116. The van der Waals surface area contributed by atoms with Gasteiger partial charge in [-0.2, -0.15) is 5.10 Å². The van der Waals surface area contributed by atoms with Gasteiger partial charge in [-0.05, 0) is 23.8 Å². The third-order valence-electron chi connectivity index (χ3n) is 4.48. The highest BCUT2D eigenvalue weighted by Crippen LogP contribution is 2.23. The average molecular weight is 425 g/mol. The van der Waals surface area contributed by atoms with E-state index in [1.807, 2.05) is 53.3 Å². The van der Waals surface area contributed by atoms with Crippen LogP contribution in [0.2, 0.25) is 0 Å². The van der Waals surface area contributed by atoms with Crippen molar-refractivity contribution in [2.75, 3.05) is 18.1 Å². The van der Waals surface area contributed by atoms with Crippen molar-refractivity contribution in [1.82, 2.24) is 20.1 Å². The number of nitrogens with one attached hydrogen (secondary N) is 1. The molecular weight excluding hydrogens is 400 g/mol. The largest absolute Gasteiger partial charge is 0.352 e. The predicted molar refractivity (Wildman–Crippen MR) is 117 cm³/mol. The van der Waals surface area contributed by atoms with Crippen molar-refractivity contribution in [2.45, 2.75) is 13.5 Å². The first-order valence-electron chi connectivity index (χ1n) is 9.65. The van der Waals surface area contributed by atoms with Crippen LogP contribution in [0.3, 0.4) is 0 Å². The summed E-state index contributed by atoms with van der Waals surface area (Å²) in [5.41, 5.74) is 3.45. The van der Waals surface area contributed by atoms with E-state index in [0.29, 0.717) is 6.54 Å². The fraction of sp³-hybridized carbons (Fsp3) is 0.227. The molecule has 0 atom stereocenters. The van der Waals surface area contributed by atoms with E-state index in [1.54, 1.807) is 25.4 Å². The number of rotatable bonds is 9. The molecule has 0 saturated carbocycles. The van der Waals surface area contributed by atoms with Gasteiger partial charge in [-0.15, -0.1) is 0 Å². The van der Waals surface area contributed by atoms with Crippen molar-refractivity contribution < 1.29 is 13.2 Å². The fourth-order valence-corrected chi connectivity index (χ4v) is 3.54. The summed E-state index contributed by atoms with van der Waals surface area (Å²) >= 11 is 0. The molecular formula is C22H24N4O3S. The number of carbonyl (C=O) groups is 1. The van der Waals surface area contributed by atoms with Crippen molar-refractivity contribution in [3.8, 4) is 11.3 Å². The first-order valence-corrected chi connectivity index (χ1v) is 11.5. The zero-order chi connectivity index (χ0) is 21.4. The quantitative estimate of drug-likeness (QED) is 0.533. The van der Waals surface area contributed by atoms with Gasteiger partial charge in [0.05, 0.1) is 12.3 Å². The van der Waals surface area contributed by atoms with Gasteiger partial charge in [0.25, 0.3) is 0 Å². The number of benzene rings is 1. The molecule has 2 heterocycles. The van der Waals surface area contributed by atoms with Crippen LogP contribution < -0.4 is 5.32 Å². The van der Waals surface area contributed by atoms with Crippen LogP contribution >= 0.6 is 0 Å². The maximum absolute atomic E-state index is 12.1. The number of carbonyl (C=O) groups excluding carboxylic acids is 1. The molecule has 0 unspecified atom stereocenters. The third kappa shape index (κ3) is 6.12. The van der Waals surface area contributed by atoms with Gasteiger partial charge in [0.1, 0.15) is 5.69 Å². The first-order chi connectivity index (χ1) is 14.5. The van der Waals surface area contributed by atoms with Crippen molar-refractivity contribution in [2.24, 2.45) is 0 Å². The van der Waals surface area contributed by atoms with Crippen molar-refractivity contribution in [1.29, 1.82) is 0 Å². The molecule has 2 aromatic heterocycles. The van der Waals surface area contributed by atoms with E-state index in [0.717, 1.165) is 22.4 Å². The Bertz CT molecular complexity index is 1110. The molecule has 0 fully saturated rings. The van der Waals surface area contributed by atoms with Gasteiger partial charge in [-0.1, -0.05) is 37.3 Å². The summed E-state index contributed by atoms with van der Waals surface area (Å²) in [5.74, 6) is -0.360. The minimum atomic E-state index is -3.11. The summed E-state index contributed by atoms with van der Waals surface area (Å²) in [4.78, 5) is 16.3. The smallest absolute Gasteiger partial charge is 0.244 e. The Labute approximate surface area is 176 Å². The normalized spacial score (nSPS) is 11.6. The van der Waals surface area contributed by atoms with Crippen LogP contribution in [0.4, 0.5) is 0 Å². The van der Waals surface area contributed by atoms with E-state index >= 15 is 0 Å². The second-order valence-corrected chi connectivity index (χ2v) is 9.19. The van der Waals surface area contributed by atoms with Gasteiger partial charge in [-0.25, -0.2) is 8.42 Å². The maximum Gasteiger partial charge on any atom is 0.244 e. The zero-order valence-corrected chi connectivity index (χ0v) is 17.5. The number of amides is 1. The molecule has 30 heavy (non-hydrogen) atoms. The zero-order valence-electron chi connectivity index (χ0n) is 16.7. The summed E-state index contributed by atoms with van der Waals surface area (Å²) < 4.78 is 24.9. The average Bonchev–Trinajstić information content (AvgIpc) is 3.16. The summed E-state index contributed by atoms with van der Waals surface area (Å²) in [6, 6.07) is 13.7. The Morgan fingerprint density at radius 1 is 1.17 bits per heavy atom. The molecule has 0 saturated heterocycles. The SMILES string of the molecule is CCS(=O)(=O)CCNC(=O)/C=C/c1cn(Cc2ccccc2)nc1-c1cccnc1. The van der Waals surface area contributed by atoms with Crippen LogP contribution in [0.1, 0.15) is 18.1 Å². The molecule has 1 N–H and O–H groups in total. The molecule has 0 radical (unpaired) electrons. The van der Waals surface area contributed by atoms with Crippen LogP contribution in [0.15, 0.2) is 67.1 Å². The van der Waals surface area contributed by atoms with E-state index in [1.165, 1.54) is 6.08 Å². The Morgan fingerprint density at radius 3 is 2.67 bits per heavy atom. The molecule has 1 amide bonds. The lowest BCUT2D eigenvalue weighted by Gasteiger charge is -2.02. The second-order valence-electron chi connectivity index (χ2n) is 6.72. The highest BCUT2D eigenvalue weighted by Gasteiger charge is 2.11. The summed E-state index contributed by atoms with van der Waals surface area (Å²) in [6.07, 6.45) is 8.36. The highest BCUT2D eigenvalue weighted by molar-refractivity contribution is 7.91. The molecule has 0 aliphatic carbocycles. The molecule has 156 valence electrons. The van der Waals surface area contributed by atoms with E-state index in [4.69, 9.17) is 0 Å². The number of pyridine rings is 1. The van der Waals surface area contributed by atoms with E-state index < -0.39 is 9.84 Å².